The third-order valence-electron chi connectivity index (χ3n) is 4.99. The van der Waals surface area contributed by atoms with Crippen molar-refractivity contribution in [2.75, 3.05) is 38.2 Å². The molecule has 0 saturated carbocycles. The summed E-state index contributed by atoms with van der Waals surface area (Å²) in [6, 6.07) is 14.4. The number of nitrogens with zero attached hydrogens (tertiary/aromatic N) is 1. The van der Waals surface area contributed by atoms with Crippen molar-refractivity contribution in [2.45, 2.75) is 31.1 Å². The van der Waals surface area contributed by atoms with Crippen LogP contribution < -0.4 is 10.1 Å². The van der Waals surface area contributed by atoms with E-state index in [1.807, 2.05) is 44.2 Å². The molecule has 1 aliphatic rings. The Morgan fingerprint density at radius 1 is 1.17 bits per heavy atom. The van der Waals surface area contributed by atoms with E-state index in [2.05, 4.69) is 5.32 Å². The van der Waals surface area contributed by atoms with Gasteiger partial charge in [-0.25, -0.2) is 8.42 Å². The molecule has 2 aromatic rings. The number of nitrogens with one attached hydrogen (secondary N) is 1. The highest BCUT2D eigenvalue weighted by Crippen LogP contribution is 2.30. The van der Waals surface area contributed by atoms with Gasteiger partial charge in [0, 0.05) is 19.5 Å². The molecule has 1 amide bonds. The topological polar surface area (TPSA) is 84.9 Å². The van der Waals surface area contributed by atoms with Crippen molar-refractivity contribution in [1.29, 1.82) is 0 Å². The Balaban J connectivity index is 1.79. The lowest BCUT2D eigenvalue weighted by atomic mass is 9.97. The summed E-state index contributed by atoms with van der Waals surface area (Å²) >= 11 is 0. The second-order valence-corrected chi connectivity index (χ2v) is 9.11. The fourth-order valence-corrected chi connectivity index (χ4v) is 4.80. The van der Waals surface area contributed by atoms with Crippen LogP contribution in [0.2, 0.25) is 0 Å². The van der Waals surface area contributed by atoms with E-state index in [1.165, 1.54) is 16.4 Å². The van der Waals surface area contributed by atoms with Crippen molar-refractivity contribution in [1.82, 2.24) is 4.31 Å². The van der Waals surface area contributed by atoms with Gasteiger partial charge in [0.2, 0.25) is 15.9 Å². The van der Waals surface area contributed by atoms with Crippen LogP contribution in [-0.4, -0.2) is 51.5 Å². The van der Waals surface area contributed by atoms with Gasteiger partial charge in [0.15, 0.2) is 0 Å². The summed E-state index contributed by atoms with van der Waals surface area (Å²) in [5, 5.41) is 2.84. The minimum atomic E-state index is -3.67. The van der Waals surface area contributed by atoms with Gasteiger partial charge in [0.05, 0.1) is 30.4 Å². The van der Waals surface area contributed by atoms with Gasteiger partial charge in [-0.05, 0) is 36.6 Å². The first-order chi connectivity index (χ1) is 14.4. The molecule has 162 valence electrons. The van der Waals surface area contributed by atoms with Gasteiger partial charge >= 0.3 is 0 Å². The van der Waals surface area contributed by atoms with Crippen LogP contribution in [0.15, 0.2) is 53.4 Å². The van der Waals surface area contributed by atoms with E-state index in [4.69, 9.17) is 9.47 Å². The monoisotopic (exact) mass is 432 g/mol. The van der Waals surface area contributed by atoms with E-state index < -0.39 is 10.0 Å². The van der Waals surface area contributed by atoms with Crippen LogP contribution in [0.5, 0.6) is 5.75 Å². The smallest absolute Gasteiger partial charge is 0.243 e. The Hall–Kier alpha value is -2.42. The second kappa shape index (κ2) is 10.1. The lowest BCUT2D eigenvalue weighted by Crippen LogP contribution is -2.40. The van der Waals surface area contributed by atoms with Gasteiger partial charge in [0.1, 0.15) is 5.75 Å². The Morgan fingerprint density at radius 2 is 1.87 bits per heavy atom. The highest BCUT2D eigenvalue weighted by atomic mass is 32.2. The van der Waals surface area contributed by atoms with Crippen LogP contribution in [0.4, 0.5) is 5.69 Å². The number of benzene rings is 2. The van der Waals surface area contributed by atoms with Gasteiger partial charge in [-0.1, -0.05) is 37.3 Å². The number of hydrogen-bond donors (Lipinski definition) is 1. The van der Waals surface area contributed by atoms with Crippen molar-refractivity contribution in [3.63, 3.8) is 0 Å². The summed E-state index contributed by atoms with van der Waals surface area (Å²) in [5.41, 5.74) is 1.43. The van der Waals surface area contributed by atoms with Crippen molar-refractivity contribution in [3.8, 4) is 5.75 Å². The first kappa shape index (κ1) is 22.3. The largest absolute Gasteiger partial charge is 0.492 e. The van der Waals surface area contributed by atoms with Crippen LogP contribution in [-0.2, 0) is 19.6 Å². The zero-order valence-corrected chi connectivity index (χ0v) is 18.2. The van der Waals surface area contributed by atoms with Gasteiger partial charge in [0.25, 0.3) is 0 Å². The predicted molar refractivity (Wildman–Crippen MR) is 115 cm³/mol. The summed E-state index contributed by atoms with van der Waals surface area (Å²) in [6.07, 6.45) is 0.274. The standard InChI is InChI=1S/C22H28N2O5S/c1-3-29-21-10-9-19(30(26,27)24-11-13-28-14-12-24)16-20(21)23-22(25)15-17(2)18-7-5-4-6-8-18/h4-10,16-17H,3,11-15H2,1-2H3,(H,23,25). The molecule has 0 radical (unpaired) electrons. The van der Waals surface area contributed by atoms with Crippen molar-refractivity contribution >= 4 is 21.6 Å². The van der Waals surface area contributed by atoms with Crippen LogP contribution >= 0.6 is 0 Å². The lowest BCUT2D eigenvalue weighted by molar-refractivity contribution is -0.116. The number of sulfonamides is 1. The first-order valence-corrected chi connectivity index (χ1v) is 11.6. The van der Waals surface area contributed by atoms with Gasteiger partial charge in [-0.15, -0.1) is 0 Å². The number of ether oxygens (including phenoxy) is 2. The molecule has 1 atom stereocenters. The summed E-state index contributed by atoms with van der Waals surface area (Å²) in [7, 11) is -3.67. The first-order valence-electron chi connectivity index (χ1n) is 10.1. The molecule has 8 heteroatoms. The number of morpholine rings is 1. The summed E-state index contributed by atoms with van der Waals surface area (Å²) in [4.78, 5) is 12.8. The molecular formula is C22H28N2O5S. The second-order valence-electron chi connectivity index (χ2n) is 7.17. The van der Waals surface area contributed by atoms with E-state index in [9.17, 15) is 13.2 Å². The third kappa shape index (κ3) is 5.38. The maximum atomic E-state index is 13.0. The molecule has 1 saturated heterocycles. The molecule has 0 aromatic heterocycles. The molecule has 1 aliphatic heterocycles. The van der Waals surface area contributed by atoms with Gasteiger partial charge in [-0.2, -0.15) is 4.31 Å². The molecule has 0 spiro atoms. The minimum Gasteiger partial charge on any atom is -0.492 e. The molecule has 3 rings (SSSR count). The summed E-state index contributed by atoms with van der Waals surface area (Å²) in [6.45, 7) is 5.59. The average Bonchev–Trinajstić information content (AvgIpc) is 2.76. The molecule has 0 bridgehead atoms. The average molecular weight is 433 g/mol. The Kier molecular flexibility index (Phi) is 7.47. The van der Waals surface area contributed by atoms with E-state index in [0.717, 1.165) is 5.56 Å². The summed E-state index contributed by atoms with van der Waals surface area (Å²) in [5.74, 6) is 0.273. The Labute approximate surface area is 178 Å². The van der Waals surface area contributed by atoms with Gasteiger partial charge in [-0.3, -0.25) is 4.79 Å². The molecule has 1 N–H and O–H groups in total. The maximum absolute atomic E-state index is 13.0. The lowest BCUT2D eigenvalue weighted by Gasteiger charge is -2.26. The molecule has 30 heavy (non-hydrogen) atoms. The Morgan fingerprint density at radius 3 is 2.53 bits per heavy atom. The van der Waals surface area contributed by atoms with Crippen molar-refractivity contribution in [3.05, 3.63) is 54.1 Å². The molecule has 2 aromatic carbocycles. The summed E-state index contributed by atoms with van der Waals surface area (Å²) < 4.78 is 38.2. The van der Waals surface area contributed by atoms with E-state index in [0.29, 0.717) is 44.3 Å². The number of carbonyl (C=O) groups excluding carboxylic acids is 1. The van der Waals surface area contributed by atoms with Crippen LogP contribution in [0, 0.1) is 0 Å². The Bertz CT molecular complexity index is 957. The highest BCUT2D eigenvalue weighted by Gasteiger charge is 2.27. The van der Waals surface area contributed by atoms with Crippen LogP contribution in [0.3, 0.4) is 0 Å². The number of hydrogen-bond acceptors (Lipinski definition) is 5. The molecular weight excluding hydrogens is 404 g/mol. The molecule has 7 nitrogen and oxygen atoms in total. The van der Waals surface area contributed by atoms with E-state index in [-0.39, 0.29) is 23.1 Å². The molecule has 1 heterocycles. The number of rotatable bonds is 8. The minimum absolute atomic E-state index is 0.0296. The fourth-order valence-electron chi connectivity index (χ4n) is 3.36. The van der Waals surface area contributed by atoms with Crippen LogP contribution in [0.1, 0.15) is 31.7 Å². The maximum Gasteiger partial charge on any atom is 0.243 e. The predicted octanol–water partition coefficient (Wildman–Crippen LogP) is 3.24. The quantitative estimate of drug-likeness (QED) is 0.692. The van der Waals surface area contributed by atoms with Crippen molar-refractivity contribution < 1.29 is 22.7 Å². The third-order valence-corrected chi connectivity index (χ3v) is 6.89. The number of amides is 1. The van der Waals surface area contributed by atoms with E-state index >= 15 is 0 Å². The zero-order valence-electron chi connectivity index (χ0n) is 17.3. The van der Waals surface area contributed by atoms with E-state index in [1.54, 1.807) is 6.07 Å². The number of carbonyl (C=O) groups is 1. The highest BCUT2D eigenvalue weighted by molar-refractivity contribution is 7.89. The molecule has 1 fully saturated rings. The van der Waals surface area contributed by atoms with Gasteiger partial charge < -0.3 is 14.8 Å². The molecule has 1 unspecified atom stereocenters. The molecule has 0 aliphatic carbocycles. The fraction of sp³-hybridized carbons (Fsp3) is 0.409. The van der Waals surface area contributed by atoms with Crippen LogP contribution in [0.25, 0.3) is 0 Å². The number of anilines is 1. The normalized spacial score (nSPS) is 16.1. The van der Waals surface area contributed by atoms with Crippen molar-refractivity contribution in [2.24, 2.45) is 0 Å². The SMILES string of the molecule is CCOc1ccc(S(=O)(=O)N2CCOCC2)cc1NC(=O)CC(C)c1ccccc1. The zero-order chi connectivity index (χ0) is 21.6.